The Morgan fingerprint density at radius 2 is 2.13 bits per heavy atom. The third-order valence-corrected chi connectivity index (χ3v) is 3.23. The molecule has 1 saturated heterocycles. The monoisotopic (exact) mass is 215 g/mol. The van der Waals surface area contributed by atoms with Crippen molar-refractivity contribution in [3.63, 3.8) is 0 Å². The lowest BCUT2D eigenvalue weighted by Crippen LogP contribution is -2.24. The maximum absolute atomic E-state index is 5.63. The fourth-order valence-corrected chi connectivity index (χ4v) is 1.73. The topological polar surface area (TPSA) is 30.5 Å². The second kappa shape index (κ2) is 6.46. The summed E-state index contributed by atoms with van der Waals surface area (Å²) in [4.78, 5) is 0. The van der Waals surface area contributed by atoms with Crippen LogP contribution in [0.3, 0.4) is 0 Å². The maximum atomic E-state index is 5.63. The summed E-state index contributed by atoms with van der Waals surface area (Å²) in [6.07, 6.45) is 3.47. The van der Waals surface area contributed by atoms with Crippen LogP contribution < -0.4 is 5.32 Å². The molecular weight excluding hydrogens is 190 g/mol. The van der Waals surface area contributed by atoms with Crippen LogP contribution in [0.1, 0.15) is 33.1 Å². The van der Waals surface area contributed by atoms with Crippen LogP contribution >= 0.6 is 0 Å². The first-order valence-electron chi connectivity index (χ1n) is 5.98. The van der Waals surface area contributed by atoms with E-state index in [1.54, 1.807) is 7.11 Å². The van der Waals surface area contributed by atoms with Gasteiger partial charge in [-0.3, -0.25) is 0 Å². The molecule has 15 heavy (non-hydrogen) atoms. The Balaban J connectivity index is 1.92. The average Bonchev–Trinajstić information content (AvgIpc) is 2.70. The van der Waals surface area contributed by atoms with Gasteiger partial charge in [0.2, 0.25) is 0 Å². The lowest BCUT2D eigenvalue weighted by atomic mass is 10.1. The predicted octanol–water partition coefficient (Wildman–Crippen LogP) is 1.82. The van der Waals surface area contributed by atoms with Gasteiger partial charge < -0.3 is 14.8 Å². The van der Waals surface area contributed by atoms with Gasteiger partial charge in [0.15, 0.2) is 0 Å². The van der Waals surface area contributed by atoms with Gasteiger partial charge in [-0.15, -0.1) is 0 Å². The van der Waals surface area contributed by atoms with Gasteiger partial charge in [-0.25, -0.2) is 0 Å². The number of methoxy groups -OCH3 is 1. The number of hydrogen-bond donors (Lipinski definition) is 1. The molecule has 1 aliphatic heterocycles. The van der Waals surface area contributed by atoms with Crippen molar-refractivity contribution in [3.05, 3.63) is 0 Å². The zero-order valence-corrected chi connectivity index (χ0v) is 10.3. The van der Waals surface area contributed by atoms with E-state index in [0.29, 0.717) is 0 Å². The summed E-state index contributed by atoms with van der Waals surface area (Å²) in [6, 6.07) is 0. The van der Waals surface area contributed by atoms with Crippen molar-refractivity contribution in [2.24, 2.45) is 5.92 Å². The second-order valence-electron chi connectivity index (χ2n) is 4.97. The average molecular weight is 215 g/mol. The van der Waals surface area contributed by atoms with E-state index in [4.69, 9.17) is 9.47 Å². The lowest BCUT2D eigenvalue weighted by Gasteiger charge is -2.22. The molecule has 1 atom stereocenters. The van der Waals surface area contributed by atoms with Gasteiger partial charge in [-0.1, -0.05) is 0 Å². The molecule has 0 saturated carbocycles. The van der Waals surface area contributed by atoms with Crippen molar-refractivity contribution in [3.8, 4) is 0 Å². The van der Waals surface area contributed by atoms with Crippen LogP contribution in [0, 0.1) is 5.92 Å². The second-order valence-corrected chi connectivity index (χ2v) is 4.97. The summed E-state index contributed by atoms with van der Waals surface area (Å²) in [7, 11) is 1.75. The highest BCUT2D eigenvalue weighted by molar-refractivity contribution is 4.71. The Labute approximate surface area is 93.5 Å². The van der Waals surface area contributed by atoms with Gasteiger partial charge >= 0.3 is 0 Å². The Kier molecular flexibility index (Phi) is 5.58. The quantitative estimate of drug-likeness (QED) is 0.657. The molecule has 0 aromatic rings. The number of hydrogen-bond acceptors (Lipinski definition) is 3. The van der Waals surface area contributed by atoms with Gasteiger partial charge in [-0.05, 0) is 52.1 Å². The molecule has 0 bridgehead atoms. The smallest absolute Gasteiger partial charge is 0.0644 e. The molecule has 3 nitrogen and oxygen atoms in total. The minimum absolute atomic E-state index is 0.0467. The zero-order chi connectivity index (χ0) is 11.1. The van der Waals surface area contributed by atoms with Crippen molar-refractivity contribution in [2.75, 3.05) is 33.4 Å². The van der Waals surface area contributed by atoms with E-state index in [9.17, 15) is 0 Å². The molecule has 90 valence electrons. The molecule has 1 aliphatic rings. The molecule has 0 spiro atoms. The number of rotatable bonds is 7. The van der Waals surface area contributed by atoms with Crippen molar-refractivity contribution in [1.29, 1.82) is 0 Å². The van der Waals surface area contributed by atoms with Crippen molar-refractivity contribution < 1.29 is 9.47 Å². The van der Waals surface area contributed by atoms with Crippen molar-refractivity contribution in [1.82, 2.24) is 5.32 Å². The minimum atomic E-state index is -0.0467. The molecule has 1 N–H and O–H groups in total. The Hall–Kier alpha value is -0.120. The molecule has 0 amide bonds. The van der Waals surface area contributed by atoms with Crippen LogP contribution in [0.25, 0.3) is 0 Å². The third kappa shape index (κ3) is 5.50. The number of nitrogens with one attached hydrogen (secondary N) is 1. The fraction of sp³-hybridized carbons (Fsp3) is 1.00. The van der Waals surface area contributed by atoms with Crippen molar-refractivity contribution in [2.45, 2.75) is 38.7 Å². The third-order valence-electron chi connectivity index (χ3n) is 3.23. The largest absolute Gasteiger partial charge is 0.381 e. The highest BCUT2D eigenvalue weighted by atomic mass is 16.5. The van der Waals surface area contributed by atoms with E-state index in [0.717, 1.165) is 25.6 Å². The summed E-state index contributed by atoms with van der Waals surface area (Å²) < 4.78 is 11.0. The van der Waals surface area contributed by atoms with Gasteiger partial charge in [0.25, 0.3) is 0 Å². The first kappa shape index (κ1) is 12.9. The normalized spacial score (nSPS) is 22.2. The SMILES string of the molecule is COC(C)(C)CCOCCC1CCNC1. The standard InChI is InChI=1S/C12H25NO2/c1-12(2,14-3)6-9-15-8-5-11-4-7-13-10-11/h11,13H,4-10H2,1-3H3. The molecule has 0 aromatic heterocycles. The molecule has 1 unspecified atom stereocenters. The molecule has 1 rings (SSSR count). The van der Waals surface area contributed by atoms with E-state index in [2.05, 4.69) is 19.2 Å². The van der Waals surface area contributed by atoms with Crippen molar-refractivity contribution >= 4 is 0 Å². The van der Waals surface area contributed by atoms with Gasteiger partial charge in [-0.2, -0.15) is 0 Å². The molecule has 1 heterocycles. The van der Waals surface area contributed by atoms with E-state index in [1.807, 2.05) is 0 Å². The fourth-order valence-electron chi connectivity index (χ4n) is 1.73. The summed E-state index contributed by atoms with van der Waals surface area (Å²) in [5.74, 6) is 0.834. The molecule has 0 aliphatic carbocycles. The van der Waals surface area contributed by atoms with Gasteiger partial charge in [0, 0.05) is 20.3 Å². The Morgan fingerprint density at radius 3 is 2.73 bits per heavy atom. The van der Waals surface area contributed by atoms with E-state index >= 15 is 0 Å². The van der Waals surface area contributed by atoms with Crippen LogP contribution in [0.15, 0.2) is 0 Å². The van der Waals surface area contributed by atoms with Crippen LogP contribution in [-0.2, 0) is 9.47 Å². The summed E-state index contributed by atoms with van der Waals surface area (Å²) in [6.45, 7) is 8.25. The van der Waals surface area contributed by atoms with Crippen LogP contribution in [0.2, 0.25) is 0 Å². The Morgan fingerprint density at radius 1 is 1.33 bits per heavy atom. The lowest BCUT2D eigenvalue weighted by molar-refractivity contribution is -0.0109. The summed E-state index contributed by atoms with van der Waals surface area (Å²) in [5.41, 5.74) is -0.0467. The molecule has 0 aromatic carbocycles. The van der Waals surface area contributed by atoms with E-state index in [1.165, 1.54) is 25.9 Å². The maximum Gasteiger partial charge on any atom is 0.0644 e. The molecule has 3 heteroatoms. The predicted molar refractivity (Wildman–Crippen MR) is 62.1 cm³/mol. The van der Waals surface area contributed by atoms with Gasteiger partial charge in [0.05, 0.1) is 5.60 Å². The van der Waals surface area contributed by atoms with Crippen LogP contribution in [0.5, 0.6) is 0 Å². The zero-order valence-electron chi connectivity index (χ0n) is 10.3. The molecule has 0 radical (unpaired) electrons. The first-order chi connectivity index (χ1) is 7.14. The molecular formula is C12H25NO2. The van der Waals surface area contributed by atoms with E-state index < -0.39 is 0 Å². The van der Waals surface area contributed by atoms with Crippen LogP contribution in [0.4, 0.5) is 0 Å². The van der Waals surface area contributed by atoms with Gasteiger partial charge in [0.1, 0.15) is 0 Å². The highest BCUT2D eigenvalue weighted by Gasteiger charge is 2.16. The molecule has 1 fully saturated rings. The highest BCUT2D eigenvalue weighted by Crippen LogP contribution is 2.14. The van der Waals surface area contributed by atoms with E-state index in [-0.39, 0.29) is 5.60 Å². The first-order valence-corrected chi connectivity index (χ1v) is 5.98. The summed E-state index contributed by atoms with van der Waals surface area (Å²) >= 11 is 0. The Bertz CT molecular complexity index is 165. The van der Waals surface area contributed by atoms with Crippen LogP contribution in [-0.4, -0.2) is 39.0 Å². The summed E-state index contributed by atoms with van der Waals surface area (Å²) in [5, 5.41) is 3.37. The minimum Gasteiger partial charge on any atom is -0.381 e. The number of ether oxygens (including phenoxy) is 2.